The van der Waals surface area contributed by atoms with Crippen LogP contribution < -0.4 is 5.56 Å². The number of benzene rings is 1. The molecule has 0 saturated heterocycles. The summed E-state index contributed by atoms with van der Waals surface area (Å²) in [6, 6.07) is 8.07. The molecule has 1 N–H and O–H groups in total. The van der Waals surface area contributed by atoms with E-state index < -0.39 is 0 Å². The van der Waals surface area contributed by atoms with Crippen LogP contribution in [-0.4, -0.2) is 21.3 Å². The zero-order valence-corrected chi connectivity index (χ0v) is 9.97. The van der Waals surface area contributed by atoms with Gasteiger partial charge in [0.25, 0.3) is 5.56 Å². The van der Waals surface area contributed by atoms with E-state index in [1.54, 1.807) is 0 Å². The number of hydrogen-bond donors (Lipinski definition) is 1. The van der Waals surface area contributed by atoms with Gasteiger partial charge in [0, 0.05) is 11.1 Å². The Morgan fingerprint density at radius 2 is 2.11 bits per heavy atom. The molecule has 1 aliphatic rings. The van der Waals surface area contributed by atoms with Crippen molar-refractivity contribution >= 4 is 0 Å². The molecule has 18 heavy (non-hydrogen) atoms. The third-order valence-corrected chi connectivity index (χ3v) is 3.39. The second-order valence-electron chi connectivity index (χ2n) is 4.45. The lowest BCUT2D eigenvalue weighted by Crippen LogP contribution is -2.28. The molecule has 0 radical (unpaired) electrons. The van der Waals surface area contributed by atoms with Crippen molar-refractivity contribution in [1.29, 1.82) is 0 Å². The minimum atomic E-state index is -0.0447. The summed E-state index contributed by atoms with van der Waals surface area (Å²) in [7, 11) is 0. The molecule has 92 valence electrons. The first-order chi connectivity index (χ1) is 8.81. The van der Waals surface area contributed by atoms with Crippen molar-refractivity contribution in [1.82, 2.24) is 9.55 Å². The molecule has 0 fully saturated rings. The molecule has 0 bridgehead atoms. The molecule has 0 spiro atoms. The zero-order valence-electron chi connectivity index (χ0n) is 9.97. The van der Waals surface area contributed by atoms with Crippen LogP contribution in [0.5, 0.6) is 0 Å². The summed E-state index contributed by atoms with van der Waals surface area (Å²) in [5.74, 6) is 0. The van der Waals surface area contributed by atoms with Gasteiger partial charge >= 0.3 is 0 Å². The average Bonchev–Trinajstić information content (AvgIpc) is 2.42. The molecule has 0 atom stereocenters. The Balaban J connectivity index is 2.19. The lowest BCUT2D eigenvalue weighted by atomic mass is 9.90. The third-order valence-electron chi connectivity index (χ3n) is 3.39. The van der Waals surface area contributed by atoms with Gasteiger partial charge in [0.1, 0.15) is 0 Å². The summed E-state index contributed by atoms with van der Waals surface area (Å²) >= 11 is 0. The van der Waals surface area contributed by atoms with E-state index in [9.17, 15) is 4.79 Å². The fourth-order valence-corrected chi connectivity index (χ4v) is 2.49. The number of nitrogens with zero attached hydrogens (tertiary/aromatic N) is 2. The van der Waals surface area contributed by atoms with Crippen LogP contribution in [0.2, 0.25) is 0 Å². The van der Waals surface area contributed by atoms with Gasteiger partial charge in [0.05, 0.1) is 25.2 Å². The Bertz CT molecular complexity index is 646. The van der Waals surface area contributed by atoms with Crippen molar-refractivity contribution in [3.05, 3.63) is 52.1 Å². The first-order valence-corrected chi connectivity index (χ1v) is 6.08. The van der Waals surface area contributed by atoms with Crippen molar-refractivity contribution in [3.8, 4) is 11.3 Å². The SMILES string of the molecule is O=c1c2c(ncn1CCO)-c1ccccc1CC2. The van der Waals surface area contributed by atoms with Crippen LogP contribution in [0.1, 0.15) is 11.1 Å². The highest BCUT2D eigenvalue weighted by Crippen LogP contribution is 2.29. The number of rotatable bonds is 2. The summed E-state index contributed by atoms with van der Waals surface area (Å²) < 4.78 is 1.48. The van der Waals surface area contributed by atoms with Gasteiger partial charge in [-0.25, -0.2) is 4.98 Å². The van der Waals surface area contributed by atoms with Crippen molar-refractivity contribution < 1.29 is 5.11 Å². The maximum Gasteiger partial charge on any atom is 0.257 e. The molecular formula is C14H14N2O2. The largest absolute Gasteiger partial charge is 0.395 e. The highest BCUT2D eigenvalue weighted by Gasteiger charge is 2.20. The fourth-order valence-electron chi connectivity index (χ4n) is 2.49. The van der Waals surface area contributed by atoms with Crippen LogP contribution in [0.3, 0.4) is 0 Å². The summed E-state index contributed by atoms with van der Waals surface area (Å²) in [4.78, 5) is 16.6. The molecular weight excluding hydrogens is 228 g/mol. The van der Waals surface area contributed by atoms with E-state index >= 15 is 0 Å². The van der Waals surface area contributed by atoms with E-state index in [2.05, 4.69) is 11.1 Å². The minimum absolute atomic E-state index is 0.0245. The molecule has 1 aliphatic carbocycles. The van der Waals surface area contributed by atoms with E-state index in [0.29, 0.717) is 6.54 Å². The van der Waals surface area contributed by atoms with Gasteiger partial charge in [0.2, 0.25) is 0 Å². The standard InChI is InChI=1S/C14H14N2O2/c17-8-7-16-9-15-13-11-4-2-1-3-10(11)5-6-12(13)14(16)18/h1-4,9,17H,5-8H2. The minimum Gasteiger partial charge on any atom is -0.395 e. The van der Waals surface area contributed by atoms with Gasteiger partial charge in [-0.15, -0.1) is 0 Å². The number of aliphatic hydroxyl groups is 1. The molecule has 0 aliphatic heterocycles. The Morgan fingerprint density at radius 3 is 2.94 bits per heavy atom. The van der Waals surface area contributed by atoms with E-state index in [0.717, 1.165) is 29.7 Å². The van der Waals surface area contributed by atoms with E-state index in [1.165, 1.54) is 16.5 Å². The van der Waals surface area contributed by atoms with E-state index in [4.69, 9.17) is 5.11 Å². The van der Waals surface area contributed by atoms with Gasteiger partial charge in [-0.05, 0) is 18.4 Å². The molecule has 1 aromatic carbocycles. The molecule has 1 heterocycles. The van der Waals surface area contributed by atoms with Crippen LogP contribution >= 0.6 is 0 Å². The van der Waals surface area contributed by atoms with Crippen LogP contribution in [0.25, 0.3) is 11.3 Å². The summed E-state index contributed by atoms with van der Waals surface area (Å²) in [6.45, 7) is 0.262. The lowest BCUT2D eigenvalue weighted by molar-refractivity contribution is 0.273. The summed E-state index contributed by atoms with van der Waals surface area (Å²) in [5, 5.41) is 8.92. The van der Waals surface area contributed by atoms with Crippen LogP contribution in [-0.2, 0) is 19.4 Å². The van der Waals surface area contributed by atoms with Gasteiger partial charge in [0.15, 0.2) is 0 Å². The Kier molecular flexibility index (Phi) is 2.72. The average molecular weight is 242 g/mol. The monoisotopic (exact) mass is 242 g/mol. The number of aryl methyl sites for hydroxylation is 1. The molecule has 4 heteroatoms. The first kappa shape index (κ1) is 11.2. The Labute approximate surface area is 105 Å². The normalized spacial score (nSPS) is 12.9. The van der Waals surface area contributed by atoms with Gasteiger partial charge < -0.3 is 5.11 Å². The summed E-state index contributed by atoms with van der Waals surface area (Å²) in [5.41, 5.74) is 3.85. The third kappa shape index (κ3) is 1.66. The topological polar surface area (TPSA) is 55.1 Å². The van der Waals surface area contributed by atoms with Crippen LogP contribution in [0.15, 0.2) is 35.4 Å². The molecule has 0 unspecified atom stereocenters. The second kappa shape index (κ2) is 4.38. The molecule has 0 saturated carbocycles. The molecule has 0 amide bonds. The Hall–Kier alpha value is -1.94. The maximum atomic E-state index is 12.2. The molecule has 3 rings (SSSR count). The highest BCUT2D eigenvalue weighted by atomic mass is 16.3. The molecule has 4 nitrogen and oxygen atoms in total. The number of fused-ring (bicyclic) bond motifs is 3. The van der Waals surface area contributed by atoms with E-state index in [1.807, 2.05) is 18.2 Å². The van der Waals surface area contributed by atoms with Gasteiger partial charge in [-0.1, -0.05) is 24.3 Å². The van der Waals surface area contributed by atoms with Crippen molar-refractivity contribution in [2.75, 3.05) is 6.61 Å². The van der Waals surface area contributed by atoms with Crippen LogP contribution in [0, 0.1) is 0 Å². The number of aromatic nitrogens is 2. The Morgan fingerprint density at radius 1 is 1.28 bits per heavy atom. The van der Waals surface area contributed by atoms with Crippen molar-refractivity contribution in [2.45, 2.75) is 19.4 Å². The second-order valence-corrected chi connectivity index (χ2v) is 4.45. The van der Waals surface area contributed by atoms with Crippen LogP contribution in [0.4, 0.5) is 0 Å². The summed E-state index contributed by atoms with van der Waals surface area (Å²) in [6.07, 6.45) is 3.13. The fraction of sp³-hybridized carbons (Fsp3) is 0.286. The maximum absolute atomic E-state index is 12.2. The predicted octanol–water partition coefficient (Wildman–Crippen LogP) is 1.00. The predicted molar refractivity (Wildman–Crippen MR) is 68.4 cm³/mol. The number of hydrogen-bond acceptors (Lipinski definition) is 3. The molecule has 1 aromatic heterocycles. The van der Waals surface area contributed by atoms with Gasteiger partial charge in [-0.2, -0.15) is 0 Å². The lowest BCUT2D eigenvalue weighted by Gasteiger charge is -2.18. The smallest absolute Gasteiger partial charge is 0.257 e. The first-order valence-electron chi connectivity index (χ1n) is 6.08. The quantitative estimate of drug-likeness (QED) is 0.854. The van der Waals surface area contributed by atoms with Crippen molar-refractivity contribution in [2.24, 2.45) is 0 Å². The van der Waals surface area contributed by atoms with Gasteiger partial charge in [-0.3, -0.25) is 9.36 Å². The van der Waals surface area contributed by atoms with Crippen molar-refractivity contribution in [3.63, 3.8) is 0 Å². The van der Waals surface area contributed by atoms with E-state index in [-0.39, 0.29) is 12.2 Å². The highest BCUT2D eigenvalue weighted by molar-refractivity contribution is 5.68. The number of aliphatic hydroxyl groups excluding tert-OH is 1. The zero-order chi connectivity index (χ0) is 12.5. The molecule has 2 aromatic rings.